The number of likely N-dealkylation sites (N-methyl/N-ethyl adjacent to an activating group) is 1. The number of hydrogen-bond donors (Lipinski definition) is 0. The zero-order valence-electron chi connectivity index (χ0n) is 17.6. The van der Waals surface area contributed by atoms with E-state index in [-0.39, 0.29) is 12.0 Å². The maximum Gasteiger partial charge on any atom is 0.236 e. The van der Waals surface area contributed by atoms with Gasteiger partial charge in [-0.3, -0.25) is 14.7 Å². The summed E-state index contributed by atoms with van der Waals surface area (Å²) in [7, 11) is 1.67. The Morgan fingerprint density at radius 1 is 1.17 bits per heavy atom. The van der Waals surface area contributed by atoms with Crippen LogP contribution in [0, 0.1) is 0 Å². The molecular formula is C23H31N3O3. The standard InChI is InChI=1S/C23H31N3O3/c1-4-26(5-2)23(27)17-25-12-13-29-22(16-25)21-11-8-19(15-24-21)14-18-6-9-20(28-3)10-7-18/h6-11,15,22H,4-5,12-14,16-17H2,1-3H3/t22-/m1/s1. The molecule has 0 aliphatic carbocycles. The zero-order chi connectivity index (χ0) is 20.6. The highest BCUT2D eigenvalue weighted by Gasteiger charge is 2.25. The van der Waals surface area contributed by atoms with E-state index in [4.69, 9.17) is 9.47 Å². The van der Waals surface area contributed by atoms with Crippen molar-refractivity contribution in [1.82, 2.24) is 14.8 Å². The molecule has 0 saturated carbocycles. The van der Waals surface area contributed by atoms with Crippen LogP contribution in [0.15, 0.2) is 42.6 Å². The molecule has 0 unspecified atom stereocenters. The van der Waals surface area contributed by atoms with Gasteiger partial charge in [0.15, 0.2) is 0 Å². The van der Waals surface area contributed by atoms with E-state index in [0.717, 1.165) is 43.1 Å². The van der Waals surface area contributed by atoms with E-state index < -0.39 is 0 Å². The van der Waals surface area contributed by atoms with Crippen molar-refractivity contribution in [2.75, 3.05) is 46.4 Å². The molecule has 0 bridgehead atoms. The normalized spacial score (nSPS) is 17.1. The predicted molar refractivity (Wildman–Crippen MR) is 113 cm³/mol. The number of morpholine rings is 1. The molecule has 2 heterocycles. The van der Waals surface area contributed by atoms with Crippen molar-refractivity contribution >= 4 is 5.91 Å². The van der Waals surface area contributed by atoms with Gasteiger partial charge >= 0.3 is 0 Å². The summed E-state index contributed by atoms with van der Waals surface area (Å²) in [5, 5.41) is 0. The second-order valence-electron chi connectivity index (χ2n) is 7.28. The molecule has 1 aromatic heterocycles. The van der Waals surface area contributed by atoms with E-state index in [9.17, 15) is 4.79 Å². The van der Waals surface area contributed by atoms with Crippen molar-refractivity contribution < 1.29 is 14.3 Å². The predicted octanol–water partition coefficient (Wildman–Crippen LogP) is 2.92. The molecule has 1 saturated heterocycles. The topological polar surface area (TPSA) is 54.9 Å². The Kier molecular flexibility index (Phi) is 7.61. The highest BCUT2D eigenvalue weighted by Crippen LogP contribution is 2.22. The van der Waals surface area contributed by atoms with Crippen LogP contribution in [0.5, 0.6) is 5.75 Å². The fourth-order valence-corrected chi connectivity index (χ4v) is 3.60. The number of benzene rings is 1. The van der Waals surface area contributed by atoms with Crippen LogP contribution >= 0.6 is 0 Å². The lowest BCUT2D eigenvalue weighted by Gasteiger charge is -2.33. The summed E-state index contributed by atoms with van der Waals surface area (Å²) in [6.45, 7) is 8.06. The second-order valence-corrected chi connectivity index (χ2v) is 7.28. The molecule has 1 aliphatic rings. The highest BCUT2D eigenvalue weighted by molar-refractivity contribution is 5.78. The molecule has 6 nitrogen and oxygen atoms in total. The number of hydrogen-bond acceptors (Lipinski definition) is 5. The first-order valence-corrected chi connectivity index (χ1v) is 10.3. The Morgan fingerprint density at radius 2 is 1.90 bits per heavy atom. The number of nitrogens with zero attached hydrogens (tertiary/aromatic N) is 3. The van der Waals surface area contributed by atoms with E-state index in [2.05, 4.69) is 28.1 Å². The molecule has 1 fully saturated rings. The summed E-state index contributed by atoms with van der Waals surface area (Å²) in [5.74, 6) is 1.04. The summed E-state index contributed by atoms with van der Waals surface area (Å²) in [6, 6.07) is 12.2. The second kappa shape index (κ2) is 10.4. The first-order chi connectivity index (χ1) is 14.1. The number of pyridine rings is 1. The lowest BCUT2D eigenvalue weighted by Crippen LogP contribution is -2.45. The molecule has 1 amide bonds. The van der Waals surface area contributed by atoms with Gasteiger partial charge in [-0.05, 0) is 49.6 Å². The van der Waals surface area contributed by atoms with Gasteiger partial charge in [-0.2, -0.15) is 0 Å². The first kappa shape index (κ1) is 21.3. The Labute approximate surface area is 173 Å². The minimum absolute atomic E-state index is 0.0942. The summed E-state index contributed by atoms with van der Waals surface area (Å²) in [5.41, 5.74) is 3.29. The molecule has 6 heteroatoms. The maximum absolute atomic E-state index is 12.4. The van der Waals surface area contributed by atoms with Gasteiger partial charge in [-0.1, -0.05) is 18.2 Å². The molecule has 0 radical (unpaired) electrons. The molecular weight excluding hydrogens is 366 g/mol. The van der Waals surface area contributed by atoms with Crippen LogP contribution in [0.25, 0.3) is 0 Å². The molecule has 1 atom stereocenters. The van der Waals surface area contributed by atoms with Crippen LogP contribution < -0.4 is 4.74 Å². The van der Waals surface area contributed by atoms with Gasteiger partial charge in [-0.25, -0.2) is 0 Å². The molecule has 1 aliphatic heterocycles. The van der Waals surface area contributed by atoms with Crippen molar-refractivity contribution in [2.24, 2.45) is 0 Å². The van der Waals surface area contributed by atoms with Crippen molar-refractivity contribution in [2.45, 2.75) is 26.4 Å². The number of carbonyl (C=O) groups is 1. The summed E-state index contributed by atoms with van der Waals surface area (Å²) in [6.07, 6.45) is 2.65. The molecule has 3 rings (SSSR count). The highest BCUT2D eigenvalue weighted by atomic mass is 16.5. The smallest absolute Gasteiger partial charge is 0.236 e. The average molecular weight is 398 g/mol. The molecule has 29 heavy (non-hydrogen) atoms. The quantitative estimate of drug-likeness (QED) is 0.686. The zero-order valence-corrected chi connectivity index (χ0v) is 17.6. The van der Waals surface area contributed by atoms with Crippen LogP contribution in [-0.2, 0) is 16.0 Å². The number of carbonyl (C=O) groups excluding carboxylic acids is 1. The van der Waals surface area contributed by atoms with Crippen molar-refractivity contribution in [3.8, 4) is 5.75 Å². The van der Waals surface area contributed by atoms with Crippen molar-refractivity contribution in [1.29, 1.82) is 0 Å². The lowest BCUT2D eigenvalue weighted by atomic mass is 10.1. The van der Waals surface area contributed by atoms with Gasteiger partial charge in [0.05, 0.1) is 26.0 Å². The van der Waals surface area contributed by atoms with Crippen LogP contribution in [-0.4, -0.2) is 67.1 Å². The Balaban J connectivity index is 1.57. The number of rotatable bonds is 8. The minimum atomic E-state index is -0.0942. The van der Waals surface area contributed by atoms with Crippen LogP contribution in [0.4, 0.5) is 0 Å². The first-order valence-electron chi connectivity index (χ1n) is 10.3. The lowest BCUT2D eigenvalue weighted by molar-refractivity contribution is -0.134. The number of aromatic nitrogens is 1. The summed E-state index contributed by atoms with van der Waals surface area (Å²) >= 11 is 0. The molecule has 0 spiro atoms. The third-order valence-corrected chi connectivity index (χ3v) is 5.37. The minimum Gasteiger partial charge on any atom is -0.497 e. The maximum atomic E-state index is 12.4. The largest absolute Gasteiger partial charge is 0.497 e. The van der Waals surface area contributed by atoms with Gasteiger partial charge in [0.2, 0.25) is 5.91 Å². The van der Waals surface area contributed by atoms with Crippen LogP contribution in [0.1, 0.15) is 36.8 Å². The number of amides is 1. The van der Waals surface area contributed by atoms with Crippen LogP contribution in [0.2, 0.25) is 0 Å². The van der Waals surface area contributed by atoms with Gasteiger partial charge in [0.1, 0.15) is 11.9 Å². The number of ether oxygens (including phenoxy) is 2. The van der Waals surface area contributed by atoms with Crippen LogP contribution in [0.3, 0.4) is 0 Å². The molecule has 2 aromatic rings. The molecule has 0 N–H and O–H groups in total. The Morgan fingerprint density at radius 3 is 2.52 bits per heavy atom. The fourth-order valence-electron chi connectivity index (χ4n) is 3.60. The van der Waals surface area contributed by atoms with E-state index in [1.807, 2.05) is 43.1 Å². The fraction of sp³-hybridized carbons (Fsp3) is 0.478. The Hall–Kier alpha value is -2.44. The van der Waals surface area contributed by atoms with E-state index in [1.54, 1.807) is 7.11 Å². The third kappa shape index (κ3) is 5.78. The molecule has 1 aromatic carbocycles. The van der Waals surface area contributed by atoms with Gasteiger partial charge in [0.25, 0.3) is 0 Å². The Bertz CT molecular complexity index is 773. The van der Waals surface area contributed by atoms with Gasteiger partial charge in [0, 0.05) is 32.4 Å². The number of methoxy groups -OCH3 is 1. The van der Waals surface area contributed by atoms with E-state index in [1.165, 1.54) is 5.56 Å². The SMILES string of the molecule is CCN(CC)C(=O)CN1CCO[C@@H](c2ccc(Cc3ccc(OC)cc3)cn2)C1. The van der Waals surface area contributed by atoms with Gasteiger partial charge < -0.3 is 14.4 Å². The average Bonchev–Trinajstić information content (AvgIpc) is 2.76. The van der Waals surface area contributed by atoms with Crippen molar-refractivity contribution in [3.63, 3.8) is 0 Å². The third-order valence-electron chi connectivity index (χ3n) is 5.37. The summed E-state index contributed by atoms with van der Waals surface area (Å²) < 4.78 is 11.1. The van der Waals surface area contributed by atoms with Crippen molar-refractivity contribution in [3.05, 3.63) is 59.4 Å². The van der Waals surface area contributed by atoms with E-state index in [0.29, 0.717) is 19.7 Å². The van der Waals surface area contributed by atoms with Gasteiger partial charge in [-0.15, -0.1) is 0 Å². The summed E-state index contributed by atoms with van der Waals surface area (Å²) in [4.78, 5) is 21.1. The van der Waals surface area contributed by atoms with E-state index >= 15 is 0 Å². The monoisotopic (exact) mass is 397 g/mol. The molecule has 156 valence electrons.